The van der Waals surface area contributed by atoms with Crippen molar-refractivity contribution >= 4 is 62.4 Å². The van der Waals surface area contributed by atoms with Gasteiger partial charge in [-0.05, 0) is 193 Å². The van der Waals surface area contributed by atoms with Gasteiger partial charge in [-0.1, -0.05) is 189 Å². The van der Waals surface area contributed by atoms with Crippen molar-refractivity contribution in [3.8, 4) is 28.1 Å². The highest BCUT2D eigenvalue weighted by molar-refractivity contribution is 7.00. The summed E-state index contributed by atoms with van der Waals surface area (Å²) in [5, 5.41) is 1.29. The molecule has 4 heteroatoms. The Balaban J connectivity index is 1.12. The molecule has 15 rings (SSSR count). The first kappa shape index (κ1) is 44.5. The van der Waals surface area contributed by atoms with E-state index in [0.29, 0.717) is 5.56 Å². The van der Waals surface area contributed by atoms with Crippen LogP contribution < -0.4 is 26.2 Å². The summed E-state index contributed by atoms with van der Waals surface area (Å²) in [4.78, 5) is 5.43. The lowest BCUT2D eigenvalue weighted by atomic mass is 9.33. The van der Waals surface area contributed by atoms with Crippen LogP contribution in [0, 0.1) is 0 Å². The molecule has 0 bridgehead atoms. The first-order valence-electron chi connectivity index (χ1n) is 32.5. The number of hydrogen-bond donors (Lipinski definition) is 0. The lowest BCUT2D eigenvalue weighted by Crippen LogP contribution is -2.64. The van der Waals surface area contributed by atoms with Crippen molar-refractivity contribution in [2.75, 3.05) is 9.80 Å². The van der Waals surface area contributed by atoms with E-state index in [2.05, 4.69) is 215 Å². The van der Waals surface area contributed by atoms with Crippen LogP contribution in [-0.4, -0.2) is 16.8 Å². The molecule has 4 heterocycles. The average Bonchev–Trinajstić information content (AvgIpc) is 1.56. The molecule has 2 atom stereocenters. The first-order chi connectivity index (χ1) is 39.3. The summed E-state index contributed by atoms with van der Waals surface area (Å²) in [6, 6.07) is 37.5. The molecule has 0 radical (unpaired) electrons. The molecule has 0 saturated heterocycles. The molecule has 7 aliphatic rings. The van der Waals surface area contributed by atoms with Gasteiger partial charge in [0.2, 0.25) is 0 Å². The maximum Gasteiger partial charge on any atom is 0.252 e. The highest BCUT2D eigenvalue weighted by Crippen LogP contribution is 2.64. The van der Waals surface area contributed by atoms with E-state index in [1.807, 2.05) is 0 Å². The monoisotopic (exact) mass is 1040 g/mol. The van der Waals surface area contributed by atoms with Crippen molar-refractivity contribution in [2.24, 2.45) is 0 Å². The molecule has 7 aromatic carbocycles. The van der Waals surface area contributed by atoms with Crippen molar-refractivity contribution in [3.63, 3.8) is 0 Å². The number of nitrogens with zero attached hydrogens (tertiary/aromatic N) is 3. The van der Waals surface area contributed by atoms with Crippen LogP contribution in [0.5, 0.6) is 0 Å². The van der Waals surface area contributed by atoms with Gasteiger partial charge in [-0.3, -0.25) is 0 Å². The van der Waals surface area contributed by atoms with Crippen molar-refractivity contribution in [2.45, 2.75) is 199 Å². The fourth-order valence-electron chi connectivity index (χ4n) is 17.4. The van der Waals surface area contributed by atoms with Gasteiger partial charge < -0.3 is 14.4 Å². The third-order valence-electron chi connectivity index (χ3n) is 22.4. The van der Waals surface area contributed by atoms with Crippen LogP contribution in [0.2, 0.25) is 0 Å². The smallest absolute Gasteiger partial charge is 0.252 e. The fourth-order valence-corrected chi connectivity index (χ4v) is 17.4. The number of aromatic nitrogens is 1. The second-order valence-corrected chi connectivity index (χ2v) is 30.2. The summed E-state index contributed by atoms with van der Waals surface area (Å²) >= 11 is 0. The molecule has 400 valence electrons. The van der Waals surface area contributed by atoms with Crippen LogP contribution >= 0.6 is 0 Å². The minimum absolute atomic E-state index is 0.0136. The highest BCUT2D eigenvalue weighted by atomic mass is 15.3. The number of hydrogen-bond acceptors (Lipinski definition) is 2. The Labute approximate surface area is 480 Å². The third-order valence-corrected chi connectivity index (χ3v) is 22.4. The second kappa shape index (κ2) is 15.6. The molecule has 3 aliphatic heterocycles. The molecule has 3 nitrogen and oxygen atoms in total. The van der Waals surface area contributed by atoms with Gasteiger partial charge in [0.15, 0.2) is 0 Å². The maximum absolute atomic E-state index is 9.51. The Kier molecular flexibility index (Phi) is 8.78. The van der Waals surface area contributed by atoms with Gasteiger partial charge in [0, 0.05) is 55.7 Å². The molecule has 0 spiro atoms. The van der Waals surface area contributed by atoms with Crippen molar-refractivity contribution in [1.82, 2.24) is 4.57 Å². The van der Waals surface area contributed by atoms with E-state index in [4.69, 9.17) is 4.11 Å². The minimum Gasteiger partial charge on any atom is -0.335 e. The van der Waals surface area contributed by atoms with E-state index < -0.39 is 0 Å². The fraction of sp³-hybridized carbons (Fsp3) is 0.413. The molecule has 2 unspecified atom stereocenters. The molecular formula is C75H82BN3. The number of benzene rings is 7. The molecule has 0 N–H and O–H groups in total. The Hall–Kier alpha value is -6.26. The predicted molar refractivity (Wildman–Crippen MR) is 338 cm³/mol. The van der Waals surface area contributed by atoms with Crippen LogP contribution in [0.3, 0.4) is 0 Å². The highest BCUT2D eigenvalue weighted by Gasteiger charge is 2.62. The van der Waals surface area contributed by atoms with Crippen molar-refractivity contribution in [3.05, 3.63) is 172 Å². The first-order valence-corrected chi connectivity index (χ1v) is 30.0. The lowest BCUT2D eigenvalue weighted by molar-refractivity contribution is 0.195. The van der Waals surface area contributed by atoms with Gasteiger partial charge in [-0.15, -0.1) is 0 Å². The molecule has 0 amide bonds. The van der Waals surface area contributed by atoms with E-state index in [1.54, 1.807) is 0 Å². The summed E-state index contributed by atoms with van der Waals surface area (Å²) in [5.41, 5.74) is 25.4. The molecule has 79 heavy (non-hydrogen) atoms. The van der Waals surface area contributed by atoms with Gasteiger partial charge in [0.05, 0.1) is 23.8 Å². The third kappa shape index (κ3) is 6.44. The van der Waals surface area contributed by atoms with E-state index in [1.165, 1.54) is 106 Å². The SMILES string of the molecule is [2H]c1c([2H])c([2H])c(-c2cc3c4c(c2)C2(C)CCCCC2(C)N4c2cc(N(c4ccc5c(c4)C(C)(C)CCC5(C)C)c4ccc5c(c4)C(C)(C)CCC5(C)C)cc4c2B3c2cc(C(C)(C)C)cc3c5c(n-4c23)-c2ccccc2C5(C)C)c([2H])c1[2H]. The van der Waals surface area contributed by atoms with Crippen LogP contribution in [-0.2, 0) is 37.9 Å². The van der Waals surface area contributed by atoms with E-state index in [0.717, 1.165) is 62.5 Å². The average molecular weight is 1040 g/mol. The summed E-state index contributed by atoms with van der Waals surface area (Å²) in [6.07, 6.45) is 8.68. The van der Waals surface area contributed by atoms with Crippen LogP contribution in [0.4, 0.5) is 28.4 Å². The minimum atomic E-state index is -0.373. The number of fused-ring (bicyclic) bond motifs is 14. The Morgan fingerprint density at radius 3 is 1.76 bits per heavy atom. The van der Waals surface area contributed by atoms with Gasteiger partial charge >= 0.3 is 0 Å². The molecular weight excluding hydrogens is 954 g/mol. The molecule has 1 saturated carbocycles. The second-order valence-electron chi connectivity index (χ2n) is 30.2. The Morgan fingerprint density at radius 1 is 0.532 bits per heavy atom. The largest absolute Gasteiger partial charge is 0.335 e. The van der Waals surface area contributed by atoms with Crippen molar-refractivity contribution < 1.29 is 6.85 Å². The van der Waals surface area contributed by atoms with Crippen LogP contribution in [0.1, 0.15) is 207 Å². The molecule has 1 aromatic heterocycles. The summed E-state index contributed by atoms with van der Waals surface area (Å²) < 4.78 is 48.4. The van der Waals surface area contributed by atoms with E-state index >= 15 is 0 Å². The lowest BCUT2D eigenvalue weighted by Gasteiger charge is -2.52. The van der Waals surface area contributed by atoms with Gasteiger partial charge in [0.1, 0.15) is 0 Å². The quantitative estimate of drug-likeness (QED) is 0.163. The maximum atomic E-state index is 9.51. The zero-order valence-electron chi connectivity index (χ0n) is 54.8. The Bertz CT molecular complexity index is 4190. The van der Waals surface area contributed by atoms with Gasteiger partial charge in [0.25, 0.3) is 6.71 Å². The van der Waals surface area contributed by atoms with E-state index in [9.17, 15) is 2.74 Å². The normalized spacial score (nSPS) is 24.2. The topological polar surface area (TPSA) is 11.4 Å². The number of rotatable bonds is 4. The van der Waals surface area contributed by atoms with E-state index in [-0.39, 0.29) is 85.9 Å². The summed E-state index contributed by atoms with van der Waals surface area (Å²) in [6.45, 7) is 36.2. The zero-order valence-corrected chi connectivity index (χ0v) is 49.8. The number of anilines is 5. The predicted octanol–water partition coefficient (Wildman–Crippen LogP) is 18.0. The molecule has 4 aliphatic carbocycles. The van der Waals surface area contributed by atoms with Gasteiger partial charge in [-0.2, -0.15) is 0 Å². The molecule has 1 fully saturated rings. The molecule has 8 aromatic rings. The summed E-state index contributed by atoms with van der Waals surface area (Å²) in [5.74, 6) is 0. The van der Waals surface area contributed by atoms with Crippen molar-refractivity contribution in [1.29, 1.82) is 0 Å². The Morgan fingerprint density at radius 2 is 1.13 bits per heavy atom. The van der Waals surface area contributed by atoms with Crippen LogP contribution in [0.25, 0.3) is 39.0 Å². The zero-order chi connectivity index (χ0) is 59.4. The van der Waals surface area contributed by atoms with Gasteiger partial charge in [-0.25, -0.2) is 0 Å². The summed E-state index contributed by atoms with van der Waals surface area (Å²) in [7, 11) is 0. The standard InChI is InChI=1S/C75H82BN3/c1-68(2,3)47-39-52-63-66(51-25-19-20-26-53(51)73(63,12)13)78-61-43-50(77(48-27-29-54-56(41-48)71(8,9)35-33-69(54,4)5)49-28-30-55-57(42-49)72(10,11)36-34-70(55,6)7)44-62-64(61)76(60(40-47)65(52)78)59-38-46(45-23-17-16-18-24-45)37-58-67(59)79(62)75(15)32-22-21-31-74(58,75)14/h16-20,23-30,37-44H,21-22,31-36H2,1-15H3/i16D,17D,18D,23D,24D. The van der Waals surface area contributed by atoms with Crippen LogP contribution in [0.15, 0.2) is 127 Å².